The molecule has 1 saturated heterocycles. The van der Waals surface area contributed by atoms with Crippen molar-refractivity contribution < 1.29 is 14.3 Å². The summed E-state index contributed by atoms with van der Waals surface area (Å²) in [6, 6.07) is 6.42. The molecular formula is C21H30N4O3S. The Bertz CT molecular complexity index is 811. The number of nitrogens with zero attached hydrogens (tertiary/aromatic N) is 2. The quantitative estimate of drug-likeness (QED) is 0.482. The summed E-state index contributed by atoms with van der Waals surface area (Å²) in [5.41, 5.74) is 2.81. The molecule has 3 rings (SSSR count). The van der Waals surface area contributed by atoms with Crippen molar-refractivity contribution in [1.29, 1.82) is 0 Å². The number of carbonyl (C=O) groups excluding carboxylic acids is 1. The largest absolute Gasteiger partial charge is 0.496 e. The molecule has 0 bridgehead atoms. The van der Waals surface area contributed by atoms with Crippen molar-refractivity contribution in [3.05, 3.63) is 41.2 Å². The number of methoxy groups -OCH3 is 2. The molecule has 0 spiro atoms. The predicted molar refractivity (Wildman–Crippen MR) is 115 cm³/mol. The van der Waals surface area contributed by atoms with Crippen molar-refractivity contribution >= 4 is 17.7 Å². The van der Waals surface area contributed by atoms with Crippen LogP contribution in [0, 0.1) is 0 Å². The van der Waals surface area contributed by atoms with Gasteiger partial charge in [-0.2, -0.15) is 5.10 Å². The number of benzene rings is 1. The van der Waals surface area contributed by atoms with Gasteiger partial charge in [-0.25, -0.2) is 0 Å². The second-order valence-electron chi connectivity index (χ2n) is 7.21. The maximum Gasteiger partial charge on any atom is 0.254 e. The van der Waals surface area contributed by atoms with E-state index >= 15 is 0 Å². The first-order valence-corrected chi connectivity index (χ1v) is 11.1. The van der Waals surface area contributed by atoms with Crippen molar-refractivity contribution in [2.75, 3.05) is 46.7 Å². The lowest BCUT2D eigenvalue weighted by molar-refractivity contribution is 0.0934. The number of amides is 1. The van der Waals surface area contributed by atoms with E-state index in [-0.39, 0.29) is 11.8 Å². The highest BCUT2D eigenvalue weighted by molar-refractivity contribution is 7.98. The minimum atomic E-state index is -0.0969. The number of piperidine rings is 1. The number of carbonyl (C=O) groups is 1. The first kappa shape index (κ1) is 21.7. The van der Waals surface area contributed by atoms with Gasteiger partial charge < -0.3 is 14.8 Å². The Hall–Kier alpha value is -2.03. The van der Waals surface area contributed by atoms with Gasteiger partial charge in [-0.15, -0.1) is 11.8 Å². The van der Waals surface area contributed by atoms with Crippen molar-refractivity contribution in [3.8, 4) is 5.75 Å². The van der Waals surface area contributed by atoms with E-state index < -0.39 is 0 Å². The van der Waals surface area contributed by atoms with Crippen LogP contribution in [-0.2, 0) is 11.3 Å². The van der Waals surface area contributed by atoms with Crippen LogP contribution in [0.25, 0.3) is 0 Å². The number of ether oxygens (including phenoxy) is 2. The van der Waals surface area contributed by atoms with Gasteiger partial charge in [-0.3, -0.25) is 14.8 Å². The second kappa shape index (κ2) is 10.7. The van der Waals surface area contributed by atoms with Crippen LogP contribution >= 0.6 is 11.8 Å². The molecule has 2 heterocycles. The highest BCUT2D eigenvalue weighted by Gasteiger charge is 2.27. The van der Waals surface area contributed by atoms with Crippen LogP contribution in [0.5, 0.6) is 5.75 Å². The average molecular weight is 419 g/mol. The van der Waals surface area contributed by atoms with Gasteiger partial charge in [0.1, 0.15) is 5.75 Å². The Labute approximate surface area is 176 Å². The fraction of sp³-hybridized carbons (Fsp3) is 0.524. The lowest BCUT2D eigenvalue weighted by Crippen LogP contribution is -2.35. The van der Waals surface area contributed by atoms with E-state index in [0.717, 1.165) is 48.8 Å². The van der Waals surface area contributed by atoms with Gasteiger partial charge >= 0.3 is 0 Å². The third kappa shape index (κ3) is 5.52. The minimum absolute atomic E-state index is 0.0969. The van der Waals surface area contributed by atoms with Crippen LogP contribution in [0.4, 0.5) is 0 Å². The molecule has 158 valence electrons. The van der Waals surface area contributed by atoms with Gasteiger partial charge in [0.2, 0.25) is 0 Å². The van der Waals surface area contributed by atoms with Gasteiger partial charge in [-0.05, 0) is 43.3 Å². The molecule has 29 heavy (non-hydrogen) atoms. The maximum absolute atomic E-state index is 12.5. The number of aromatic nitrogens is 2. The highest BCUT2D eigenvalue weighted by Crippen LogP contribution is 2.31. The number of thioether (sulfide) groups is 1. The fourth-order valence-corrected chi connectivity index (χ4v) is 4.37. The summed E-state index contributed by atoms with van der Waals surface area (Å²) in [4.78, 5) is 16.1. The summed E-state index contributed by atoms with van der Waals surface area (Å²) in [5.74, 6) is 1.09. The molecule has 0 radical (unpaired) electrons. The maximum atomic E-state index is 12.5. The van der Waals surface area contributed by atoms with E-state index in [9.17, 15) is 4.79 Å². The van der Waals surface area contributed by atoms with Crippen LogP contribution < -0.4 is 10.1 Å². The van der Waals surface area contributed by atoms with Crippen molar-refractivity contribution in [1.82, 2.24) is 20.4 Å². The lowest BCUT2D eigenvalue weighted by Gasteiger charge is -2.32. The number of hydrogen-bond acceptors (Lipinski definition) is 6. The third-order valence-corrected chi connectivity index (χ3v) is 6.05. The first-order valence-electron chi connectivity index (χ1n) is 9.90. The van der Waals surface area contributed by atoms with Crippen molar-refractivity contribution in [2.45, 2.75) is 30.2 Å². The zero-order valence-corrected chi connectivity index (χ0v) is 18.2. The highest BCUT2D eigenvalue weighted by atomic mass is 32.2. The summed E-state index contributed by atoms with van der Waals surface area (Å²) in [6.07, 6.45) is 5.82. The lowest BCUT2D eigenvalue weighted by atomic mass is 9.92. The van der Waals surface area contributed by atoms with Crippen LogP contribution in [0.15, 0.2) is 29.3 Å². The second-order valence-corrected chi connectivity index (χ2v) is 8.06. The summed E-state index contributed by atoms with van der Waals surface area (Å²) in [5, 5.41) is 10.1. The summed E-state index contributed by atoms with van der Waals surface area (Å²) < 4.78 is 10.5. The van der Waals surface area contributed by atoms with E-state index in [1.54, 1.807) is 32.2 Å². The van der Waals surface area contributed by atoms with E-state index in [4.69, 9.17) is 9.47 Å². The van der Waals surface area contributed by atoms with Crippen LogP contribution in [0.2, 0.25) is 0 Å². The molecule has 1 atom stereocenters. The molecule has 1 unspecified atom stereocenters. The number of likely N-dealkylation sites (tertiary alicyclic amines) is 1. The summed E-state index contributed by atoms with van der Waals surface area (Å²) in [6.45, 7) is 3.80. The van der Waals surface area contributed by atoms with E-state index in [1.807, 2.05) is 0 Å². The minimum Gasteiger partial charge on any atom is -0.496 e. The van der Waals surface area contributed by atoms with Crippen LogP contribution in [0.3, 0.4) is 0 Å². The Morgan fingerprint density at radius 1 is 1.41 bits per heavy atom. The standard InChI is InChI=1S/C21H30N4O3S/c1-27-10-8-22-21(26)17-12-23-24-20(17)16-5-4-9-25(14-16)13-15-6-7-19(29-3)18(11-15)28-2/h6-7,11-12,16H,4-5,8-10,13-14H2,1-3H3,(H,22,26)(H,23,24). The summed E-state index contributed by atoms with van der Waals surface area (Å²) >= 11 is 1.69. The number of hydrogen-bond donors (Lipinski definition) is 2. The number of rotatable bonds is 9. The zero-order chi connectivity index (χ0) is 20.6. The smallest absolute Gasteiger partial charge is 0.254 e. The van der Waals surface area contributed by atoms with Gasteiger partial charge in [0.25, 0.3) is 5.91 Å². The summed E-state index contributed by atoms with van der Waals surface area (Å²) in [7, 11) is 3.34. The van der Waals surface area contributed by atoms with Gasteiger partial charge in [-0.1, -0.05) is 6.07 Å². The fourth-order valence-electron chi connectivity index (χ4n) is 3.82. The molecule has 2 N–H and O–H groups in total. The van der Waals surface area contributed by atoms with Crippen molar-refractivity contribution in [3.63, 3.8) is 0 Å². The third-order valence-electron chi connectivity index (χ3n) is 5.27. The zero-order valence-electron chi connectivity index (χ0n) is 17.4. The molecular weight excluding hydrogens is 388 g/mol. The molecule has 8 heteroatoms. The normalized spacial score (nSPS) is 17.3. The molecule has 1 aliphatic rings. The van der Waals surface area contributed by atoms with Gasteiger partial charge in [0.05, 0.1) is 31.2 Å². The van der Waals surface area contributed by atoms with E-state index in [1.165, 1.54) is 5.56 Å². The molecule has 1 aromatic carbocycles. The van der Waals surface area contributed by atoms with Crippen molar-refractivity contribution in [2.24, 2.45) is 0 Å². The Morgan fingerprint density at radius 2 is 2.28 bits per heavy atom. The number of H-pyrrole nitrogens is 1. The Kier molecular flexibility index (Phi) is 7.97. The Morgan fingerprint density at radius 3 is 3.03 bits per heavy atom. The average Bonchev–Trinajstić information content (AvgIpc) is 3.24. The molecule has 1 aromatic heterocycles. The molecule has 0 saturated carbocycles. The first-order chi connectivity index (χ1) is 14.2. The predicted octanol–water partition coefficient (Wildman–Crippen LogP) is 2.90. The number of nitrogens with one attached hydrogen (secondary N) is 2. The van der Waals surface area contributed by atoms with E-state index in [2.05, 4.69) is 44.9 Å². The van der Waals surface area contributed by atoms with Crippen LogP contribution in [-0.4, -0.2) is 67.7 Å². The Balaban J connectivity index is 1.66. The van der Waals surface area contributed by atoms with Gasteiger partial charge in [0, 0.05) is 37.6 Å². The van der Waals surface area contributed by atoms with E-state index in [0.29, 0.717) is 18.7 Å². The molecule has 1 amide bonds. The molecule has 7 nitrogen and oxygen atoms in total. The van der Waals surface area contributed by atoms with Gasteiger partial charge in [0.15, 0.2) is 0 Å². The number of aromatic amines is 1. The van der Waals surface area contributed by atoms with Crippen LogP contribution in [0.1, 0.15) is 40.4 Å². The topological polar surface area (TPSA) is 79.5 Å². The SMILES string of the molecule is COCCNC(=O)c1cn[nH]c1C1CCCN(Cc2ccc(SC)c(OC)c2)C1. The molecule has 0 aliphatic carbocycles. The molecule has 1 aliphatic heterocycles. The molecule has 1 fully saturated rings. The molecule has 2 aromatic rings. The monoisotopic (exact) mass is 418 g/mol.